The highest BCUT2D eigenvalue weighted by molar-refractivity contribution is 6.30. The summed E-state index contributed by atoms with van der Waals surface area (Å²) in [5.41, 5.74) is 4.63. The van der Waals surface area contributed by atoms with Gasteiger partial charge in [-0.1, -0.05) is 29.8 Å². The SMILES string of the molecule is COc1ccc(C)cc1NC(=O)c1nnc2c(-c3ccc(Cl)cc3)cnn2c1C. The molecule has 0 bridgehead atoms. The molecule has 2 aromatic heterocycles. The van der Waals surface area contributed by atoms with Crippen molar-refractivity contribution in [3.63, 3.8) is 0 Å². The van der Waals surface area contributed by atoms with Crippen LogP contribution in [0.5, 0.6) is 5.75 Å². The van der Waals surface area contributed by atoms with E-state index in [1.807, 2.05) is 31.2 Å². The zero-order valence-corrected chi connectivity index (χ0v) is 16.9. The van der Waals surface area contributed by atoms with Crippen LogP contribution in [0.1, 0.15) is 21.7 Å². The molecular weight excluding hydrogens is 390 g/mol. The highest BCUT2D eigenvalue weighted by Crippen LogP contribution is 2.27. The van der Waals surface area contributed by atoms with E-state index >= 15 is 0 Å². The maximum absolute atomic E-state index is 12.8. The minimum absolute atomic E-state index is 0.187. The van der Waals surface area contributed by atoms with Gasteiger partial charge in [0.05, 0.1) is 24.7 Å². The Bertz CT molecular complexity index is 1220. The van der Waals surface area contributed by atoms with E-state index < -0.39 is 0 Å². The summed E-state index contributed by atoms with van der Waals surface area (Å²) in [6.45, 7) is 3.72. The number of carbonyl (C=O) groups excluding carboxylic acids is 1. The van der Waals surface area contributed by atoms with E-state index in [1.165, 1.54) is 0 Å². The van der Waals surface area contributed by atoms with Gasteiger partial charge in [0, 0.05) is 10.6 Å². The molecule has 7 nitrogen and oxygen atoms in total. The van der Waals surface area contributed by atoms with Crippen LogP contribution in [0.2, 0.25) is 5.02 Å². The predicted octanol–water partition coefficient (Wildman–Crippen LogP) is 4.32. The number of hydrogen-bond donors (Lipinski definition) is 1. The lowest BCUT2D eigenvalue weighted by molar-refractivity contribution is 0.101. The van der Waals surface area contributed by atoms with Gasteiger partial charge in [0.2, 0.25) is 0 Å². The number of nitrogens with one attached hydrogen (secondary N) is 1. The van der Waals surface area contributed by atoms with Crippen LogP contribution in [0.25, 0.3) is 16.8 Å². The van der Waals surface area contributed by atoms with Crippen molar-refractivity contribution in [1.29, 1.82) is 0 Å². The van der Waals surface area contributed by atoms with Gasteiger partial charge in [-0.3, -0.25) is 4.79 Å². The van der Waals surface area contributed by atoms with Crippen molar-refractivity contribution >= 4 is 28.8 Å². The summed E-state index contributed by atoms with van der Waals surface area (Å²) >= 11 is 5.97. The summed E-state index contributed by atoms with van der Waals surface area (Å²) in [6, 6.07) is 12.9. The molecule has 0 unspecified atom stereocenters. The highest BCUT2D eigenvalue weighted by atomic mass is 35.5. The van der Waals surface area contributed by atoms with Gasteiger partial charge in [-0.25, -0.2) is 4.52 Å². The molecule has 29 heavy (non-hydrogen) atoms. The van der Waals surface area contributed by atoms with Crippen molar-refractivity contribution < 1.29 is 9.53 Å². The van der Waals surface area contributed by atoms with E-state index in [-0.39, 0.29) is 11.6 Å². The first kappa shape index (κ1) is 18.9. The number of aromatic nitrogens is 4. The molecule has 146 valence electrons. The molecular formula is C21H18ClN5O2. The van der Waals surface area contributed by atoms with Crippen molar-refractivity contribution in [2.45, 2.75) is 13.8 Å². The van der Waals surface area contributed by atoms with Crippen LogP contribution >= 0.6 is 11.6 Å². The number of fused-ring (bicyclic) bond motifs is 1. The number of carbonyl (C=O) groups is 1. The topological polar surface area (TPSA) is 81.4 Å². The van der Waals surface area contributed by atoms with Gasteiger partial charge in [0.1, 0.15) is 5.75 Å². The van der Waals surface area contributed by atoms with Crippen LogP contribution in [-0.4, -0.2) is 32.8 Å². The second kappa shape index (κ2) is 7.52. The number of rotatable bonds is 4. The zero-order chi connectivity index (χ0) is 20.5. The highest BCUT2D eigenvalue weighted by Gasteiger charge is 2.19. The predicted molar refractivity (Wildman–Crippen MR) is 112 cm³/mol. The standard InChI is InChI=1S/C21H18ClN5O2/c1-12-4-9-18(29-3)17(10-12)24-21(28)19-13(2)27-20(26-25-19)16(11-23-27)14-5-7-15(22)8-6-14/h4-11H,1-3H3,(H,24,28). The molecule has 4 rings (SSSR count). The molecule has 2 heterocycles. The summed E-state index contributed by atoms with van der Waals surface area (Å²) in [6.07, 6.45) is 1.70. The van der Waals surface area contributed by atoms with Crippen LogP contribution in [0.4, 0.5) is 5.69 Å². The number of aryl methyl sites for hydroxylation is 2. The smallest absolute Gasteiger partial charge is 0.278 e. The molecule has 0 saturated heterocycles. The molecule has 0 spiro atoms. The van der Waals surface area contributed by atoms with Crippen molar-refractivity contribution in [3.05, 3.63) is 70.6 Å². The van der Waals surface area contributed by atoms with E-state index in [2.05, 4.69) is 20.6 Å². The van der Waals surface area contributed by atoms with Gasteiger partial charge in [-0.15, -0.1) is 10.2 Å². The molecule has 8 heteroatoms. The van der Waals surface area contributed by atoms with E-state index in [4.69, 9.17) is 16.3 Å². The number of benzene rings is 2. The van der Waals surface area contributed by atoms with E-state index in [9.17, 15) is 4.79 Å². The Labute approximate surface area is 172 Å². The minimum atomic E-state index is -0.385. The van der Waals surface area contributed by atoms with Crippen molar-refractivity contribution in [2.75, 3.05) is 12.4 Å². The van der Waals surface area contributed by atoms with Crippen LogP contribution in [-0.2, 0) is 0 Å². The number of hydrogen-bond acceptors (Lipinski definition) is 5. The van der Waals surface area contributed by atoms with E-state index in [0.29, 0.717) is 27.8 Å². The van der Waals surface area contributed by atoms with Crippen LogP contribution in [0, 0.1) is 13.8 Å². The first-order valence-corrected chi connectivity index (χ1v) is 9.28. The largest absolute Gasteiger partial charge is 0.495 e. The van der Waals surface area contributed by atoms with Gasteiger partial charge >= 0.3 is 0 Å². The zero-order valence-electron chi connectivity index (χ0n) is 16.1. The third kappa shape index (κ3) is 3.52. The fourth-order valence-electron chi connectivity index (χ4n) is 3.10. The second-order valence-corrected chi connectivity index (χ2v) is 7.03. The Morgan fingerprint density at radius 2 is 1.86 bits per heavy atom. The van der Waals surface area contributed by atoms with Crippen LogP contribution in [0.15, 0.2) is 48.7 Å². The quantitative estimate of drug-likeness (QED) is 0.544. The van der Waals surface area contributed by atoms with E-state index in [0.717, 1.165) is 16.7 Å². The summed E-state index contributed by atoms with van der Waals surface area (Å²) in [5.74, 6) is 0.184. The fourth-order valence-corrected chi connectivity index (χ4v) is 3.22. The summed E-state index contributed by atoms with van der Waals surface area (Å²) in [7, 11) is 1.56. The van der Waals surface area contributed by atoms with Crippen LogP contribution < -0.4 is 10.1 Å². The third-order valence-electron chi connectivity index (χ3n) is 4.62. The molecule has 0 aliphatic heterocycles. The average molecular weight is 408 g/mol. The summed E-state index contributed by atoms with van der Waals surface area (Å²) < 4.78 is 6.93. The molecule has 1 N–H and O–H groups in total. The number of amides is 1. The maximum atomic E-state index is 12.8. The van der Waals surface area contributed by atoms with Crippen molar-refractivity contribution in [1.82, 2.24) is 19.8 Å². The lowest BCUT2D eigenvalue weighted by Gasteiger charge is -2.11. The Hall–Kier alpha value is -3.45. The van der Waals surface area contributed by atoms with Crippen molar-refractivity contribution in [3.8, 4) is 16.9 Å². The van der Waals surface area contributed by atoms with Gasteiger partial charge in [-0.05, 0) is 49.2 Å². The minimum Gasteiger partial charge on any atom is -0.495 e. The summed E-state index contributed by atoms with van der Waals surface area (Å²) in [5, 5.41) is 16.3. The number of nitrogens with zero attached hydrogens (tertiary/aromatic N) is 4. The molecule has 1 amide bonds. The Balaban J connectivity index is 1.70. The summed E-state index contributed by atoms with van der Waals surface area (Å²) in [4.78, 5) is 12.8. The molecule has 4 aromatic rings. The number of anilines is 1. The maximum Gasteiger partial charge on any atom is 0.278 e. The number of methoxy groups -OCH3 is 1. The lowest BCUT2D eigenvalue weighted by atomic mass is 10.1. The molecule has 0 fully saturated rings. The lowest BCUT2D eigenvalue weighted by Crippen LogP contribution is -2.19. The molecule has 0 radical (unpaired) electrons. The first-order chi connectivity index (χ1) is 14.0. The molecule has 0 aliphatic carbocycles. The fraction of sp³-hybridized carbons (Fsp3) is 0.143. The average Bonchev–Trinajstić information content (AvgIpc) is 3.14. The van der Waals surface area contributed by atoms with Crippen LogP contribution in [0.3, 0.4) is 0 Å². The molecule has 0 saturated carbocycles. The van der Waals surface area contributed by atoms with Crippen molar-refractivity contribution in [2.24, 2.45) is 0 Å². The second-order valence-electron chi connectivity index (χ2n) is 6.59. The third-order valence-corrected chi connectivity index (χ3v) is 4.87. The van der Waals surface area contributed by atoms with Gasteiger partial charge in [-0.2, -0.15) is 5.10 Å². The Morgan fingerprint density at radius 3 is 2.59 bits per heavy atom. The number of halogens is 1. The van der Waals surface area contributed by atoms with Gasteiger partial charge in [0.25, 0.3) is 5.91 Å². The monoisotopic (exact) mass is 407 g/mol. The molecule has 0 atom stereocenters. The Morgan fingerprint density at radius 1 is 1.10 bits per heavy atom. The molecule has 2 aromatic carbocycles. The normalized spacial score (nSPS) is 10.9. The van der Waals surface area contributed by atoms with E-state index in [1.54, 1.807) is 42.9 Å². The van der Waals surface area contributed by atoms with Gasteiger partial charge in [0.15, 0.2) is 11.3 Å². The first-order valence-electron chi connectivity index (χ1n) is 8.91. The van der Waals surface area contributed by atoms with Gasteiger partial charge < -0.3 is 10.1 Å². The number of ether oxygens (including phenoxy) is 1. The Kier molecular flexibility index (Phi) is 4.90. The molecule has 0 aliphatic rings.